The molecule has 85 valence electrons. The van der Waals surface area contributed by atoms with Gasteiger partial charge in [0.05, 0.1) is 17.0 Å². The van der Waals surface area contributed by atoms with Crippen molar-refractivity contribution in [2.75, 3.05) is 0 Å². The van der Waals surface area contributed by atoms with Crippen molar-refractivity contribution in [1.82, 2.24) is 10.5 Å². The van der Waals surface area contributed by atoms with Crippen molar-refractivity contribution >= 4 is 5.57 Å². The second-order valence-corrected chi connectivity index (χ2v) is 3.25. The molecule has 2 N–H and O–H groups in total. The fourth-order valence-corrected chi connectivity index (χ4v) is 1.49. The van der Waals surface area contributed by atoms with Crippen LogP contribution in [0.3, 0.4) is 0 Å². The smallest absolute Gasteiger partial charge is 0.240 e. The van der Waals surface area contributed by atoms with Gasteiger partial charge in [0.1, 0.15) is 12.0 Å². The van der Waals surface area contributed by atoms with Crippen LogP contribution in [-0.4, -0.2) is 11.2 Å². The monoisotopic (exact) mass is 230 g/mol. The van der Waals surface area contributed by atoms with Crippen LogP contribution in [0.5, 0.6) is 0 Å². The fraction of sp³-hybridized carbons (Fsp3) is 0.100. The molecule has 0 spiro atoms. The SMILES string of the molecule is [N]=NC1OC=C(N)C(N=O)=C1c1ccccn1. The van der Waals surface area contributed by atoms with E-state index in [2.05, 4.69) is 15.3 Å². The molecule has 1 radical (unpaired) electrons. The second-order valence-electron chi connectivity index (χ2n) is 3.25. The quantitative estimate of drug-likeness (QED) is 0.615. The topological polar surface area (TPSA) is 112 Å². The number of aromatic nitrogens is 1. The van der Waals surface area contributed by atoms with Crippen LogP contribution in [0.15, 0.2) is 52.3 Å². The van der Waals surface area contributed by atoms with Crippen molar-refractivity contribution < 1.29 is 4.74 Å². The number of pyridine rings is 1. The normalized spacial score (nSPS) is 19.3. The third-order valence-electron chi connectivity index (χ3n) is 2.24. The molecule has 7 heteroatoms. The Hall–Kier alpha value is -2.57. The Morgan fingerprint density at radius 1 is 1.47 bits per heavy atom. The highest BCUT2D eigenvalue weighted by molar-refractivity contribution is 5.73. The summed E-state index contributed by atoms with van der Waals surface area (Å²) in [7, 11) is 0. The van der Waals surface area contributed by atoms with Gasteiger partial charge in [0, 0.05) is 6.20 Å². The summed E-state index contributed by atoms with van der Waals surface area (Å²) in [4.78, 5) is 14.8. The molecule has 2 heterocycles. The maximum absolute atomic E-state index is 10.8. The molecule has 0 amide bonds. The van der Waals surface area contributed by atoms with E-state index in [-0.39, 0.29) is 17.0 Å². The van der Waals surface area contributed by atoms with Crippen LogP contribution >= 0.6 is 0 Å². The van der Waals surface area contributed by atoms with E-state index in [4.69, 9.17) is 16.0 Å². The maximum atomic E-state index is 10.8. The molecule has 1 unspecified atom stereocenters. The largest absolute Gasteiger partial charge is 0.468 e. The Bertz CT molecular complexity index is 509. The molecular weight excluding hydrogens is 222 g/mol. The summed E-state index contributed by atoms with van der Waals surface area (Å²) in [5.41, 5.74) is 15.1. The van der Waals surface area contributed by atoms with Crippen LogP contribution in [0.1, 0.15) is 5.69 Å². The summed E-state index contributed by atoms with van der Waals surface area (Å²) in [5, 5.41) is 5.85. The lowest BCUT2D eigenvalue weighted by atomic mass is 10.0. The molecule has 0 aromatic carbocycles. The fourth-order valence-electron chi connectivity index (χ4n) is 1.49. The number of hydrogen-bond acceptors (Lipinski definition) is 6. The van der Waals surface area contributed by atoms with Gasteiger partial charge in [-0.1, -0.05) is 6.07 Å². The van der Waals surface area contributed by atoms with E-state index in [9.17, 15) is 4.91 Å². The van der Waals surface area contributed by atoms with Crippen molar-refractivity contribution in [3.05, 3.63) is 52.7 Å². The number of nitroso groups, excluding NO2 is 1. The van der Waals surface area contributed by atoms with Crippen molar-refractivity contribution in [2.45, 2.75) is 6.23 Å². The highest BCUT2D eigenvalue weighted by atomic mass is 16.5. The summed E-state index contributed by atoms with van der Waals surface area (Å²) in [6.07, 6.45) is 1.60. The summed E-state index contributed by atoms with van der Waals surface area (Å²) in [5.74, 6) is 0. The first kappa shape index (κ1) is 10.9. The predicted octanol–water partition coefficient (Wildman–Crippen LogP) is 0.968. The minimum Gasteiger partial charge on any atom is -0.468 e. The van der Waals surface area contributed by atoms with Crippen LogP contribution < -0.4 is 11.3 Å². The lowest BCUT2D eigenvalue weighted by molar-refractivity contribution is 0.189. The third kappa shape index (κ3) is 1.89. The van der Waals surface area contributed by atoms with E-state index >= 15 is 0 Å². The molecule has 0 saturated heterocycles. The molecule has 1 aromatic rings. The molecule has 7 nitrogen and oxygen atoms in total. The number of nitrogens with zero attached hydrogens (tertiary/aromatic N) is 4. The van der Waals surface area contributed by atoms with Gasteiger partial charge in [0.15, 0.2) is 0 Å². The number of ether oxygens (including phenoxy) is 1. The molecule has 1 aromatic heterocycles. The van der Waals surface area contributed by atoms with Gasteiger partial charge >= 0.3 is 0 Å². The van der Waals surface area contributed by atoms with Crippen molar-refractivity contribution in [3.8, 4) is 0 Å². The zero-order valence-electron chi connectivity index (χ0n) is 8.65. The van der Waals surface area contributed by atoms with E-state index in [1.165, 1.54) is 6.20 Å². The highest BCUT2D eigenvalue weighted by Gasteiger charge is 2.28. The average Bonchev–Trinajstić information content (AvgIpc) is 2.39. The molecule has 0 fully saturated rings. The Kier molecular flexibility index (Phi) is 2.91. The van der Waals surface area contributed by atoms with Crippen LogP contribution in [0.4, 0.5) is 0 Å². The average molecular weight is 230 g/mol. The van der Waals surface area contributed by atoms with Crippen LogP contribution in [0, 0.1) is 4.91 Å². The number of rotatable bonds is 3. The predicted molar refractivity (Wildman–Crippen MR) is 58.7 cm³/mol. The first-order valence-corrected chi connectivity index (χ1v) is 4.72. The molecule has 0 bridgehead atoms. The zero-order chi connectivity index (χ0) is 12.3. The summed E-state index contributed by atoms with van der Waals surface area (Å²) < 4.78 is 5.04. The molecule has 1 atom stereocenters. The molecule has 17 heavy (non-hydrogen) atoms. The lowest BCUT2D eigenvalue weighted by Crippen LogP contribution is -2.20. The van der Waals surface area contributed by atoms with Gasteiger partial charge in [0.25, 0.3) is 0 Å². The molecule has 1 aliphatic rings. The molecule has 1 aliphatic heterocycles. The number of hydrogen-bond donors (Lipinski definition) is 1. The molecular formula is C10H8N5O2. The van der Waals surface area contributed by atoms with E-state index in [1.54, 1.807) is 18.2 Å². The highest BCUT2D eigenvalue weighted by Crippen LogP contribution is 2.30. The van der Waals surface area contributed by atoms with E-state index in [0.717, 1.165) is 6.26 Å². The summed E-state index contributed by atoms with van der Waals surface area (Å²) >= 11 is 0. The minimum atomic E-state index is -1.05. The summed E-state index contributed by atoms with van der Waals surface area (Å²) in [6.45, 7) is 0. The van der Waals surface area contributed by atoms with Crippen molar-refractivity contribution in [1.29, 1.82) is 0 Å². The minimum absolute atomic E-state index is 0.0299. The summed E-state index contributed by atoms with van der Waals surface area (Å²) in [6, 6.07) is 5.08. The Labute approximate surface area is 96.5 Å². The van der Waals surface area contributed by atoms with Crippen LogP contribution in [0.2, 0.25) is 0 Å². The van der Waals surface area contributed by atoms with Crippen LogP contribution in [0.25, 0.3) is 5.57 Å². The van der Waals surface area contributed by atoms with Crippen LogP contribution in [-0.2, 0) is 4.74 Å². The van der Waals surface area contributed by atoms with Gasteiger partial charge in [-0.05, 0) is 22.8 Å². The second kappa shape index (κ2) is 4.52. The Morgan fingerprint density at radius 3 is 2.88 bits per heavy atom. The van der Waals surface area contributed by atoms with Gasteiger partial charge in [0.2, 0.25) is 6.23 Å². The van der Waals surface area contributed by atoms with Gasteiger partial charge in [-0.25, -0.2) is 0 Å². The van der Waals surface area contributed by atoms with Crippen molar-refractivity contribution in [2.24, 2.45) is 16.0 Å². The Morgan fingerprint density at radius 2 is 2.29 bits per heavy atom. The number of nitrogens with two attached hydrogens (primary N) is 1. The van der Waals surface area contributed by atoms with Crippen molar-refractivity contribution in [3.63, 3.8) is 0 Å². The van der Waals surface area contributed by atoms with Gasteiger partial charge in [-0.15, -0.1) is 10.0 Å². The molecule has 2 rings (SSSR count). The lowest BCUT2D eigenvalue weighted by Gasteiger charge is -2.20. The maximum Gasteiger partial charge on any atom is 0.240 e. The standard InChI is InChI=1S/C10H8N5O2/c11-6-5-17-10(14-12)8(9(6)15-16)7-3-1-2-4-13-7/h1-5,10H,11H2. The molecule has 0 saturated carbocycles. The zero-order valence-corrected chi connectivity index (χ0v) is 8.65. The molecule has 0 aliphatic carbocycles. The first-order valence-electron chi connectivity index (χ1n) is 4.72. The van der Waals surface area contributed by atoms with Gasteiger partial charge in [-0.2, -0.15) is 0 Å². The van der Waals surface area contributed by atoms with Gasteiger partial charge < -0.3 is 10.5 Å². The third-order valence-corrected chi connectivity index (χ3v) is 2.24. The van der Waals surface area contributed by atoms with Gasteiger partial charge in [-0.3, -0.25) is 4.98 Å². The van der Waals surface area contributed by atoms with E-state index in [1.807, 2.05) is 0 Å². The first-order chi connectivity index (χ1) is 8.27. The van der Waals surface area contributed by atoms with E-state index < -0.39 is 6.23 Å². The Balaban J connectivity index is 2.61. The van der Waals surface area contributed by atoms with E-state index in [0.29, 0.717) is 5.69 Å².